The van der Waals surface area contributed by atoms with Gasteiger partial charge in [-0.3, -0.25) is 0 Å². The van der Waals surface area contributed by atoms with E-state index in [9.17, 15) is 0 Å². The maximum absolute atomic E-state index is 2.44. The fourth-order valence-corrected chi connectivity index (χ4v) is 9.15. The van der Waals surface area contributed by atoms with E-state index in [4.69, 9.17) is 0 Å². The molecule has 0 nitrogen and oxygen atoms in total. The van der Waals surface area contributed by atoms with Gasteiger partial charge in [0.05, 0.1) is 5.41 Å². The van der Waals surface area contributed by atoms with Gasteiger partial charge in [-0.15, -0.1) is 0 Å². The number of benzene rings is 7. The van der Waals surface area contributed by atoms with E-state index >= 15 is 0 Å². The lowest BCUT2D eigenvalue weighted by molar-refractivity contribution is 0.794. The van der Waals surface area contributed by atoms with Crippen LogP contribution in [0.2, 0.25) is 0 Å². The van der Waals surface area contributed by atoms with Gasteiger partial charge >= 0.3 is 0 Å². The maximum atomic E-state index is 2.44. The largest absolute Gasteiger partial charge is 0.0888 e. The number of hydrogen-bond acceptors (Lipinski definition) is 1. The lowest BCUT2D eigenvalue weighted by Crippen LogP contribution is -2.25. The summed E-state index contributed by atoms with van der Waals surface area (Å²) in [5.74, 6) is 0. The van der Waals surface area contributed by atoms with Crippen molar-refractivity contribution in [3.8, 4) is 44.5 Å². The number of fused-ring (bicyclic) bond motifs is 12. The van der Waals surface area contributed by atoms with Crippen LogP contribution in [-0.2, 0) is 5.41 Å². The lowest BCUT2D eigenvalue weighted by atomic mass is 9.70. The Labute approximate surface area is 249 Å². The summed E-state index contributed by atoms with van der Waals surface area (Å²) in [6.07, 6.45) is 0. The highest BCUT2D eigenvalue weighted by Crippen LogP contribution is 2.63. The van der Waals surface area contributed by atoms with Gasteiger partial charge in [-0.1, -0.05) is 133 Å². The summed E-state index contributed by atoms with van der Waals surface area (Å²) >= 11 is 1.89. The van der Waals surface area contributed by atoms with Crippen LogP contribution < -0.4 is 0 Å². The molecule has 0 bridgehead atoms. The Balaban J connectivity index is 1.20. The smallest absolute Gasteiger partial charge is 0.0725 e. The van der Waals surface area contributed by atoms with Gasteiger partial charge in [-0.25, -0.2) is 0 Å². The van der Waals surface area contributed by atoms with Gasteiger partial charge in [0.15, 0.2) is 0 Å². The second kappa shape index (κ2) is 8.12. The van der Waals surface area contributed by atoms with E-state index in [2.05, 4.69) is 146 Å². The summed E-state index contributed by atoms with van der Waals surface area (Å²) in [5.41, 5.74) is 15.8. The molecule has 1 aliphatic heterocycles. The minimum absolute atomic E-state index is 0.288. The zero-order valence-electron chi connectivity index (χ0n) is 22.8. The van der Waals surface area contributed by atoms with Crippen LogP contribution in [0.25, 0.3) is 55.3 Å². The number of hydrogen-bond donors (Lipinski definition) is 0. The third kappa shape index (κ3) is 2.75. The topological polar surface area (TPSA) is 0 Å². The minimum Gasteiger partial charge on any atom is -0.0888 e. The molecule has 0 saturated heterocycles. The molecule has 0 aromatic heterocycles. The van der Waals surface area contributed by atoms with Crippen molar-refractivity contribution < 1.29 is 0 Å². The van der Waals surface area contributed by atoms with Gasteiger partial charge in [-0.2, -0.15) is 0 Å². The summed E-state index contributed by atoms with van der Waals surface area (Å²) in [7, 11) is 0. The molecule has 0 atom stereocenters. The Morgan fingerprint density at radius 1 is 0.357 bits per heavy atom. The predicted molar refractivity (Wildman–Crippen MR) is 175 cm³/mol. The van der Waals surface area contributed by atoms with Gasteiger partial charge in [0, 0.05) is 15.2 Å². The summed E-state index contributed by atoms with van der Waals surface area (Å²) in [5, 5.41) is 2.68. The van der Waals surface area contributed by atoms with Crippen LogP contribution >= 0.6 is 11.8 Å². The molecule has 0 radical (unpaired) electrons. The van der Waals surface area contributed by atoms with Crippen LogP contribution in [0.4, 0.5) is 0 Å². The average Bonchev–Trinajstić information content (AvgIpc) is 3.52. The fourth-order valence-electron chi connectivity index (χ4n) is 8.02. The van der Waals surface area contributed by atoms with E-state index in [1.807, 2.05) is 11.8 Å². The summed E-state index contributed by atoms with van der Waals surface area (Å²) in [6.45, 7) is 0. The fraction of sp³-hybridized carbons (Fsp3) is 0.0244. The first kappa shape index (κ1) is 22.8. The van der Waals surface area contributed by atoms with Crippen molar-refractivity contribution >= 4 is 22.5 Å². The van der Waals surface area contributed by atoms with Crippen molar-refractivity contribution in [1.82, 2.24) is 0 Å². The van der Waals surface area contributed by atoms with Gasteiger partial charge in [0.1, 0.15) is 0 Å². The van der Waals surface area contributed by atoms with Crippen molar-refractivity contribution in [3.05, 3.63) is 168 Å². The monoisotopic (exact) mass is 548 g/mol. The molecule has 1 heterocycles. The molecule has 0 saturated carbocycles. The van der Waals surface area contributed by atoms with Crippen LogP contribution in [0.5, 0.6) is 0 Å². The van der Waals surface area contributed by atoms with Gasteiger partial charge < -0.3 is 0 Å². The van der Waals surface area contributed by atoms with Crippen molar-refractivity contribution in [2.75, 3.05) is 0 Å². The summed E-state index contributed by atoms with van der Waals surface area (Å²) in [6, 6.07) is 54.7. The van der Waals surface area contributed by atoms with Crippen LogP contribution in [-0.4, -0.2) is 0 Å². The highest BCUT2D eigenvalue weighted by Gasteiger charge is 2.51. The zero-order valence-corrected chi connectivity index (χ0v) is 23.6. The second-order valence-corrected chi connectivity index (χ2v) is 12.7. The molecular formula is C41H24S. The first-order valence-corrected chi connectivity index (χ1v) is 15.4. The van der Waals surface area contributed by atoms with Crippen LogP contribution in [0.3, 0.4) is 0 Å². The van der Waals surface area contributed by atoms with Gasteiger partial charge in [0.25, 0.3) is 0 Å². The molecule has 7 aromatic rings. The van der Waals surface area contributed by atoms with E-state index in [1.165, 1.54) is 87.3 Å². The highest BCUT2D eigenvalue weighted by molar-refractivity contribution is 7.99. The van der Waals surface area contributed by atoms with Crippen LogP contribution in [0.1, 0.15) is 22.3 Å². The molecule has 0 amide bonds. The maximum Gasteiger partial charge on any atom is 0.0725 e. The van der Waals surface area contributed by atoms with Crippen molar-refractivity contribution in [2.45, 2.75) is 15.2 Å². The van der Waals surface area contributed by atoms with Crippen LogP contribution in [0, 0.1) is 0 Å². The predicted octanol–water partition coefficient (Wildman–Crippen LogP) is 11.0. The van der Waals surface area contributed by atoms with E-state index in [0.717, 1.165) is 0 Å². The highest BCUT2D eigenvalue weighted by atomic mass is 32.2. The van der Waals surface area contributed by atoms with Crippen molar-refractivity contribution in [3.63, 3.8) is 0 Å². The Morgan fingerprint density at radius 3 is 1.57 bits per heavy atom. The molecule has 0 N–H and O–H groups in total. The molecule has 0 fully saturated rings. The molecule has 1 spiro atoms. The zero-order chi connectivity index (χ0) is 27.4. The molecule has 194 valence electrons. The first-order chi connectivity index (χ1) is 20.8. The lowest BCUT2D eigenvalue weighted by Gasteiger charge is -2.30. The molecule has 1 heteroatoms. The molecule has 3 aliphatic rings. The molecular weight excluding hydrogens is 525 g/mol. The SMILES string of the molecule is c1ccc2c(c1)-c1ccccc1C21c2ccccc2-c2cc(-c3ccc4c(c3)-c3cccc5cccc(c35)S4)ccc21. The minimum atomic E-state index is -0.288. The van der Waals surface area contributed by atoms with E-state index in [0.29, 0.717) is 0 Å². The Kier molecular flexibility index (Phi) is 4.41. The van der Waals surface area contributed by atoms with Crippen molar-refractivity contribution in [1.29, 1.82) is 0 Å². The Morgan fingerprint density at radius 2 is 0.881 bits per heavy atom. The first-order valence-electron chi connectivity index (χ1n) is 14.6. The Bertz CT molecular complexity index is 2240. The third-order valence-corrected chi connectivity index (χ3v) is 10.8. The average molecular weight is 549 g/mol. The van der Waals surface area contributed by atoms with Crippen molar-refractivity contribution in [2.24, 2.45) is 0 Å². The quantitative estimate of drug-likeness (QED) is 0.197. The van der Waals surface area contributed by atoms with Gasteiger partial charge in [-0.05, 0) is 96.4 Å². The van der Waals surface area contributed by atoms with Gasteiger partial charge in [0.2, 0.25) is 0 Å². The number of rotatable bonds is 1. The van der Waals surface area contributed by atoms with Crippen LogP contribution in [0.15, 0.2) is 155 Å². The molecule has 2 aliphatic carbocycles. The second-order valence-electron chi connectivity index (χ2n) is 11.6. The summed E-state index contributed by atoms with van der Waals surface area (Å²) in [4.78, 5) is 2.68. The molecule has 7 aromatic carbocycles. The normalized spacial score (nSPS) is 14.3. The molecule has 10 rings (SSSR count). The summed E-state index contributed by atoms with van der Waals surface area (Å²) < 4.78 is 0. The van der Waals surface area contributed by atoms with E-state index < -0.39 is 0 Å². The Hall–Kier alpha value is -4.85. The van der Waals surface area contributed by atoms with E-state index in [-0.39, 0.29) is 5.41 Å². The standard InChI is InChI=1S/C41H24S/c1-4-15-34-28(11-1)29-12-2-5-16-35(29)41(34)36-17-6-3-13-30(36)32-23-26(19-21-37(32)41)27-20-22-38-33(24-27)31-14-7-9-25-10-8-18-39(42-38)40(25)31/h1-24H. The molecule has 0 unspecified atom stereocenters. The molecule has 42 heavy (non-hydrogen) atoms. The third-order valence-electron chi connectivity index (χ3n) is 9.69. The van der Waals surface area contributed by atoms with E-state index in [1.54, 1.807) is 0 Å².